The molecule has 14 heavy (non-hydrogen) atoms. The molecule has 1 atom stereocenters. The van der Waals surface area contributed by atoms with Gasteiger partial charge in [-0.25, -0.2) is 4.98 Å². The average Bonchev–Trinajstić information content (AvgIpc) is 2.62. The number of hydrogen-bond acceptors (Lipinski definition) is 5. The average molecular weight is 215 g/mol. The smallest absolute Gasteiger partial charge is 0.270 e. The molecule has 1 amide bonds. The van der Waals surface area contributed by atoms with E-state index in [0.29, 0.717) is 5.69 Å². The van der Waals surface area contributed by atoms with E-state index < -0.39 is 0 Å². The van der Waals surface area contributed by atoms with Crippen molar-refractivity contribution in [2.45, 2.75) is 13.0 Å². The predicted octanol–water partition coefficient (Wildman–Crippen LogP) is -0.115. The van der Waals surface area contributed by atoms with Crippen molar-refractivity contribution in [1.82, 2.24) is 10.3 Å². The van der Waals surface area contributed by atoms with Crippen molar-refractivity contribution in [3.05, 3.63) is 16.1 Å². The lowest BCUT2D eigenvalue weighted by molar-refractivity contribution is 0.0940. The molecule has 78 valence electrons. The van der Waals surface area contributed by atoms with E-state index in [1.807, 2.05) is 6.92 Å². The highest BCUT2D eigenvalue weighted by Crippen LogP contribution is 2.15. The maximum absolute atomic E-state index is 11.3. The molecule has 1 aromatic heterocycles. The van der Waals surface area contributed by atoms with E-state index in [1.54, 1.807) is 5.38 Å². The molecule has 0 fully saturated rings. The van der Waals surface area contributed by atoms with Gasteiger partial charge >= 0.3 is 0 Å². The van der Waals surface area contributed by atoms with Crippen molar-refractivity contribution < 1.29 is 9.90 Å². The van der Waals surface area contributed by atoms with Gasteiger partial charge in [0.1, 0.15) is 10.7 Å². The van der Waals surface area contributed by atoms with Crippen LogP contribution in [0.1, 0.15) is 28.5 Å². The van der Waals surface area contributed by atoms with Crippen molar-refractivity contribution in [2.75, 3.05) is 13.2 Å². The van der Waals surface area contributed by atoms with E-state index in [-0.39, 0.29) is 25.1 Å². The zero-order valence-corrected chi connectivity index (χ0v) is 8.67. The van der Waals surface area contributed by atoms with E-state index in [9.17, 15) is 4.79 Å². The molecule has 1 aromatic rings. The Morgan fingerprint density at radius 2 is 2.57 bits per heavy atom. The van der Waals surface area contributed by atoms with Gasteiger partial charge in [0.05, 0.1) is 12.6 Å². The van der Waals surface area contributed by atoms with Crippen LogP contribution in [0.2, 0.25) is 0 Å². The second-order valence-electron chi connectivity index (χ2n) is 2.84. The fourth-order valence-electron chi connectivity index (χ4n) is 0.861. The highest BCUT2D eigenvalue weighted by molar-refractivity contribution is 7.09. The molecule has 0 radical (unpaired) electrons. The van der Waals surface area contributed by atoms with Gasteiger partial charge < -0.3 is 16.2 Å². The summed E-state index contributed by atoms with van der Waals surface area (Å²) in [5, 5.41) is 13.4. The highest BCUT2D eigenvalue weighted by atomic mass is 32.1. The van der Waals surface area contributed by atoms with E-state index in [4.69, 9.17) is 10.8 Å². The molecule has 0 bridgehead atoms. The Hall–Kier alpha value is -0.980. The monoisotopic (exact) mass is 215 g/mol. The number of aliphatic hydroxyl groups is 1. The summed E-state index contributed by atoms with van der Waals surface area (Å²) in [4.78, 5) is 15.4. The molecule has 4 N–H and O–H groups in total. The SMILES string of the molecule is CC(N)c1nc(C(=O)NCCO)cs1. The first kappa shape index (κ1) is 11.1. The van der Waals surface area contributed by atoms with Crippen LogP contribution in [-0.2, 0) is 0 Å². The molecule has 1 rings (SSSR count). The van der Waals surface area contributed by atoms with E-state index in [0.717, 1.165) is 5.01 Å². The normalized spacial score (nSPS) is 12.5. The second-order valence-corrected chi connectivity index (χ2v) is 3.73. The Kier molecular flexibility index (Phi) is 3.99. The van der Waals surface area contributed by atoms with Crippen LogP contribution in [0.3, 0.4) is 0 Å². The molecule has 1 heterocycles. The zero-order valence-electron chi connectivity index (χ0n) is 7.86. The minimum Gasteiger partial charge on any atom is -0.395 e. The third kappa shape index (κ3) is 2.76. The van der Waals surface area contributed by atoms with Gasteiger partial charge in [0.15, 0.2) is 0 Å². The number of carbonyl (C=O) groups excluding carboxylic acids is 1. The number of carbonyl (C=O) groups is 1. The second kappa shape index (κ2) is 5.04. The van der Waals surface area contributed by atoms with Gasteiger partial charge in [-0.15, -0.1) is 11.3 Å². The molecule has 1 unspecified atom stereocenters. The molecule has 0 saturated heterocycles. The lowest BCUT2D eigenvalue weighted by Crippen LogP contribution is -2.26. The zero-order chi connectivity index (χ0) is 10.6. The van der Waals surface area contributed by atoms with Crippen LogP contribution in [0, 0.1) is 0 Å². The van der Waals surface area contributed by atoms with Crippen LogP contribution in [0.25, 0.3) is 0 Å². The Balaban J connectivity index is 2.62. The van der Waals surface area contributed by atoms with Gasteiger partial charge in [0.2, 0.25) is 0 Å². The first-order valence-electron chi connectivity index (χ1n) is 4.25. The summed E-state index contributed by atoms with van der Waals surface area (Å²) >= 11 is 1.36. The number of nitrogens with one attached hydrogen (secondary N) is 1. The van der Waals surface area contributed by atoms with Crippen LogP contribution < -0.4 is 11.1 Å². The van der Waals surface area contributed by atoms with Gasteiger partial charge in [-0.05, 0) is 6.92 Å². The summed E-state index contributed by atoms with van der Waals surface area (Å²) in [5.41, 5.74) is 5.96. The third-order valence-electron chi connectivity index (χ3n) is 1.54. The van der Waals surface area contributed by atoms with Crippen molar-refractivity contribution in [3.8, 4) is 0 Å². The minimum absolute atomic E-state index is 0.0734. The van der Waals surface area contributed by atoms with Gasteiger partial charge in [0, 0.05) is 11.9 Å². The van der Waals surface area contributed by atoms with Gasteiger partial charge in [0.25, 0.3) is 5.91 Å². The molecule has 0 saturated carbocycles. The molecule has 0 aliphatic carbocycles. The van der Waals surface area contributed by atoms with Gasteiger partial charge in [-0.2, -0.15) is 0 Å². The Bertz CT molecular complexity index is 311. The van der Waals surface area contributed by atoms with Crippen LogP contribution in [0.4, 0.5) is 0 Å². The van der Waals surface area contributed by atoms with Crippen molar-refractivity contribution in [2.24, 2.45) is 5.73 Å². The molecular weight excluding hydrogens is 202 g/mol. The number of nitrogens with zero attached hydrogens (tertiary/aromatic N) is 1. The lowest BCUT2D eigenvalue weighted by atomic mass is 10.4. The van der Waals surface area contributed by atoms with E-state index in [1.165, 1.54) is 11.3 Å². The van der Waals surface area contributed by atoms with Gasteiger partial charge in [-0.1, -0.05) is 0 Å². The number of rotatable bonds is 4. The predicted molar refractivity (Wildman–Crippen MR) is 54.1 cm³/mol. The summed E-state index contributed by atoms with van der Waals surface area (Å²) in [7, 11) is 0. The van der Waals surface area contributed by atoms with Crippen molar-refractivity contribution >= 4 is 17.2 Å². The summed E-state index contributed by atoms with van der Waals surface area (Å²) in [6.07, 6.45) is 0. The fraction of sp³-hybridized carbons (Fsp3) is 0.500. The van der Waals surface area contributed by atoms with Crippen LogP contribution in [0.15, 0.2) is 5.38 Å². The Morgan fingerprint density at radius 3 is 3.07 bits per heavy atom. The Labute approximate surface area is 86.0 Å². The topological polar surface area (TPSA) is 88.2 Å². The van der Waals surface area contributed by atoms with Crippen molar-refractivity contribution in [3.63, 3.8) is 0 Å². The number of amides is 1. The quantitative estimate of drug-likeness (QED) is 0.653. The molecule has 0 spiro atoms. The van der Waals surface area contributed by atoms with Crippen LogP contribution in [-0.4, -0.2) is 29.1 Å². The van der Waals surface area contributed by atoms with E-state index in [2.05, 4.69) is 10.3 Å². The van der Waals surface area contributed by atoms with Crippen molar-refractivity contribution in [1.29, 1.82) is 0 Å². The highest BCUT2D eigenvalue weighted by Gasteiger charge is 2.11. The first-order chi connectivity index (χ1) is 6.65. The van der Waals surface area contributed by atoms with E-state index >= 15 is 0 Å². The largest absolute Gasteiger partial charge is 0.395 e. The number of hydrogen-bond donors (Lipinski definition) is 3. The summed E-state index contributed by atoms with van der Waals surface area (Å²) < 4.78 is 0. The maximum Gasteiger partial charge on any atom is 0.270 e. The molecular formula is C8H13N3O2S. The minimum atomic E-state index is -0.276. The molecule has 6 heteroatoms. The Morgan fingerprint density at radius 1 is 1.86 bits per heavy atom. The maximum atomic E-state index is 11.3. The molecule has 0 aliphatic rings. The molecule has 0 aromatic carbocycles. The number of aliphatic hydroxyl groups excluding tert-OH is 1. The molecule has 0 aliphatic heterocycles. The number of nitrogens with two attached hydrogens (primary N) is 1. The molecule has 5 nitrogen and oxygen atoms in total. The summed E-state index contributed by atoms with van der Waals surface area (Å²) in [6, 6.07) is -0.153. The fourth-order valence-corrected chi connectivity index (χ4v) is 1.62. The lowest BCUT2D eigenvalue weighted by Gasteiger charge is -1.99. The summed E-state index contributed by atoms with van der Waals surface area (Å²) in [6.45, 7) is 1.98. The standard InChI is InChI=1S/C8H13N3O2S/c1-5(9)8-11-6(4-14-8)7(13)10-2-3-12/h4-5,12H,2-3,9H2,1H3,(H,10,13). The first-order valence-corrected chi connectivity index (χ1v) is 5.13. The van der Waals surface area contributed by atoms with Gasteiger partial charge in [-0.3, -0.25) is 4.79 Å². The van der Waals surface area contributed by atoms with Crippen LogP contribution >= 0.6 is 11.3 Å². The number of aromatic nitrogens is 1. The number of thiazole rings is 1. The third-order valence-corrected chi connectivity index (χ3v) is 2.59. The van der Waals surface area contributed by atoms with Crippen LogP contribution in [0.5, 0.6) is 0 Å². The summed E-state index contributed by atoms with van der Waals surface area (Å²) in [5.74, 6) is -0.276.